The van der Waals surface area contributed by atoms with E-state index in [9.17, 15) is 0 Å². The molecule has 114 valence electrons. The van der Waals surface area contributed by atoms with Gasteiger partial charge in [0.2, 0.25) is 0 Å². The van der Waals surface area contributed by atoms with Gasteiger partial charge in [-0.3, -0.25) is 4.98 Å². The highest BCUT2D eigenvalue weighted by atomic mass is 79.9. The molecule has 0 spiro atoms. The fourth-order valence-electron chi connectivity index (χ4n) is 2.01. The molecule has 0 atom stereocenters. The Balaban J connectivity index is 2.29. The van der Waals surface area contributed by atoms with Gasteiger partial charge in [0.15, 0.2) is 0 Å². The Morgan fingerprint density at radius 1 is 1.24 bits per heavy atom. The zero-order valence-corrected chi connectivity index (χ0v) is 16.2. The number of nitrogens with one attached hydrogen (secondary N) is 1. The smallest absolute Gasteiger partial charge is 0.143 e. The van der Waals surface area contributed by atoms with E-state index in [4.69, 9.17) is 4.98 Å². The molecule has 0 saturated carbocycles. The zero-order chi connectivity index (χ0) is 15.2. The first-order valence-electron chi connectivity index (χ1n) is 7.16. The van der Waals surface area contributed by atoms with Gasteiger partial charge in [0, 0.05) is 26.6 Å². The molecule has 0 saturated heterocycles. The lowest BCUT2D eigenvalue weighted by Gasteiger charge is -2.02. The molecule has 2 aromatic rings. The molecule has 2 rings (SSSR count). The molecule has 2 aromatic heterocycles. The second-order valence-electron chi connectivity index (χ2n) is 4.80. The van der Waals surface area contributed by atoms with Gasteiger partial charge in [-0.25, -0.2) is 4.98 Å². The van der Waals surface area contributed by atoms with Crippen molar-refractivity contribution in [1.29, 1.82) is 0 Å². The molecule has 0 aliphatic carbocycles. The molecule has 6 heteroatoms. The summed E-state index contributed by atoms with van der Waals surface area (Å²) >= 11 is 8.76. The van der Waals surface area contributed by atoms with Gasteiger partial charge in [0.25, 0.3) is 0 Å². The van der Waals surface area contributed by atoms with E-state index in [0.717, 1.165) is 52.0 Å². The van der Waals surface area contributed by atoms with Crippen LogP contribution in [0.3, 0.4) is 0 Å². The van der Waals surface area contributed by atoms with E-state index < -0.39 is 0 Å². The first-order chi connectivity index (χ1) is 10.2. The van der Waals surface area contributed by atoms with Crippen molar-refractivity contribution in [2.45, 2.75) is 39.7 Å². The first kappa shape index (κ1) is 17.1. The number of halogens is 2. The van der Waals surface area contributed by atoms with Gasteiger partial charge in [-0.05, 0) is 57.3 Å². The molecular weight excluding hydrogens is 414 g/mol. The zero-order valence-electron chi connectivity index (χ0n) is 12.2. The molecule has 0 amide bonds. The Labute approximate surface area is 146 Å². The molecule has 3 nitrogen and oxygen atoms in total. The molecule has 2 heterocycles. The minimum Gasteiger partial charge on any atom is -0.312 e. The number of aryl methyl sites for hydroxylation is 1. The number of thiazole rings is 1. The molecule has 0 aliphatic rings. The number of rotatable bonds is 7. The van der Waals surface area contributed by atoms with Crippen molar-refractivity contribution in [1.82, 2.24) is 15.3 Å². The van der Waals surface area contributed by atoms with Crippen LogP contribution in [0.1, 0.15) is 37.3 Å². The summed E-state index contributed by atoms with van der Waals surface area (Å²) in [5.41, 5.74) is 2.13. The minimum absolute atomic E-state index is 0.898. The Bertz CT molecular complexity index is 599. The van der Waals surface area contributed by atoms with E-state index in [0.29, 0.717) is 0 Å². The molecular formula is C15H19Br2N3S. The molecule has 1 N–H and O–H groups in total. The van der Waals surface area contributed by atoms with Crippen LogP contribution in [0.2, 0.25) is 0 Å². The molecule has 0 fully saturated rings. The summed E-state index contributed by atoms with van der Waals surface area (Å²) in [6.45, 7) is 6.31. The maximum atomic E-state index is 4.81. The summed E-state index contributed by atoms with van der Waals surface area (Å²) < 4.78 is 1.94. The fraction of sp³-hybridized carbons (Fsp3) is 0.467. The van der Waals surface area contributed by atoms with Crippen molar-refractivity contribution in [3.8, 4) is 10.7 Å². The molecule has 21 heavy (non-hydrogen) atoms. The van der Waals surface area contributed by atoms with Gasteiger partial charge < -0.3 is 5.32 Å². The van der Waals surface area contributed by atoms with Gasteiger partial charge in [-0.2, -0.15) is 0 Å². The second kappa shape index (κ2) is 8.36. The van der Waals surface area contributed by atoms with Gasteiger partial charge in [0.1, 0.15) is 10.7 Å². The normalized spacial score (nSPS) is 11.0. The van der Waals surface area contributed by atoms with Crippen LogP contribution in [0.4, 0.5) is 0 Å². The van der Waals surface area contributed by atoms with Crippen molar-refractivity contribution < 1.29 is 0 Å². The van der Waals surface area contributed by atoms with E-state index in [-0.39, 0.29) is 0 Å². The van der Waals surface area contributed by atoms with E-state index in [1.165, 1.54) is 10.6 Å². The number of hydrogen-bond donors (Lipinski definition) is 1. The molecule has 0 aliphatic heterocycles. The van der Waals surface area contributed by atoms with Gasteiger partial charge in [-0.1, -0.05) is 20.3 Å². The molecule has 0 bridgehead atoms. The van der Waals surface area contributed by atoms with Crippen molar-refractivity contribution in [2.24, 2.45) is 0 Å². The SMILES string of the molecule is CCCNCc1sc(-c2ncc(Br)cc2Br)nc1CCC. The van der Waals surface area contributed by atoms with Crippen LogP contribution in [0.15, 0.2) is 21.2 Å². The van der Waals surface area contributed by atoms with E-state index in [1.807, 2.05) is 12.3 Å². The Morgan fingerprint density at radius 3 is 2.71 bits per heavy atom. The van der Waals surface area contributed by atoms with Gasteiger partial charge in [-0.15, -0.1) is 11.3 Å². The molecule has 0 unspecified atom stereocenters. The van der Waals surface area contributed by atoms with Crippen molar-refractivity contribution in [3.05, 3.63) is 31.8 Å². The number of pyridine rings is 1. The first-order valence-corrected chi connectivity index (χ1v) is 9.56. The lowest BCUT2D eigenvalue weighted by Crippen LogP contribution is -2.13. The third-order valence-electron chi connectivity index (χ3n) is 2.99. The Hall–Kier alpha value is -0.300. The third kappa shape index (κ3) is 4.58. The molecule has 0 aromatic carbocycles. The Kier molecular flexibility index (Phi) is 6.79. The summed E-state index contributed by atoms with van der Waals surface area (Å²) in [7, 11) is 0. The lowest BCUT2D eigenvalue weighted by molar-refractivity contribution is 0.674. The van der Waals surface area contributed by atoms with Crippen molar-refractivity contribution in [3.63, 3.8) is 0 Å². The van der Waals surface area contributed by atoms with Gasteiger partial charge >= 0.3 is 0 Å². The van der Waals surface area contributed by atoms with Crippen LogP contribution >= 0.6 is 43.2 Å². The third-order valence-corrected chi connectivity index (χ3v) is 5.13. The van der Waals surface area contributed by atoms with Crippen LogP contribution < -0.4 is 5.32 Å². The summed E-state index contributed by atoms with van der Waals surface area (Å²) in [6.07, 6.45) is 5.09. The number of hydrogen-bond acceptors (Lipinski definition) is 4. The largest absolute Gasteiger partial charge is 0.312 e. The minimum atomic E-state index is 0.898. The maximum absolute atomic E-state index is 4.81. The van der Waals surface area contributed by atoms with Crippen LogP contribution in [-0.4, -0.2) is 16.5 Å². The quantitative estimate of drug-likeness (QED) is 0.612. The van der Waals surface area contributed by atoms with E-state index in [1.54, 1.807) is 11.3 Å². The fourth-order valence-corrected chi connectivity index (χ4v) is 4.40. The summed E-state index contributed by atoms with van der Waals surface area (Å²) in [4.78, 5) is 10.6. The topological polar surface area (TPSA) is 37.8 Å². The van der Waals surface area contributed by atoms with Crippen molar-refractivity contribution in [2.75, 3.05) is 6.54 Å². The van der Waals surface area contributed by atoms with Gasteiger partial charge in [0.05, 0.1) is 5.69 Å². The average Bonchev–Trinajstić information content (AvgIpc) is 2.82. The van der Waals surface area contributed by atoms with E-state index in [2.05, 4.69) is 56.0 Å². The van der Waals surface area contributed by atoms with Crippen molar-refractivity contribution >= 4 is 43.2 Å². The molecule has 0 radical (unpaired) electrons. The predicted molar refractivity (Wildman–Crippen MR) is 96.7 cm³/mol. The highest BCUT2D eigenvalue weighted by molar-refractivity contribution is 9.11. The standard InChI is InChI=1S/C15H19Br2N3S/c1-3-5-12-13(9-18-6-4-2)21-15(20-12)14-11(17)7-10(16)8-19-14/h7-8,18H,3-6,9H2,1-2H3. The number of aromatic nitrogens is 2. The monoisotopic (exact) mass is 431 g/mol. The maximum Gasteiger partial charge on any atom is 0.143 e. The lowest BCUT2D eigenvalue weighted by atomic mass is 10.2. The van der Waals surface area contributed by atoms with E-state index >= 15 is 0 Å². The van der Waals surface area contributed by atoms with Crippen LogP contribution in [0.5, 0.6) is 0 Å². The van der Waals surface area contributed by atoms with Crippen LogP contribution in [0.25, 0.3) is 10.7 Å². The summed E-state index contributed by atoms with van der Waals surface area (Å²) in [5.74, 6) is 0. The average molecular weight is 433 g/mol. The summed E-state index contributed by atoms with van der Waals surface area (Å²) in [5, 5.41) is 4.46. The highest BCUT2D eigenvalue weighted by Crippen LogP contribution is 2.33. The Morgan fingerprint density at radius 2 is 2.05 bits per heavy atom. The highest BCUT2D eigenvalue weighted by Gasteiger charge is 2.15. The van der Waals surface area contributed by atoms with Crippen LogP contribution in [-0.2, 0) is 13.0 Å². The van der Waals surface area contributed by atoms with Crippen LogP contribution in [0, 0.1) is 0 Å². The number of nitrogens with zero attached hydrogens (tertiary/aromatic N) is 2. The second-order valence-corrected chi connectivity index (χ2v) is 7.65. The summed E-state index contributed by atoms with van der Waals surface area (Å²) in [6, 6.07) is 2.01. The predicted octanol–water partition coefficient (Wildman–Crippen LogP) is 5.18.